The first-order chi connectivity index (χ1) is 18.7. The molecule has 0 unspecified atom stereocenters. The Morgan fingerprint density at radius 2 is 1.46 bits per heavy atom. The molecule has 2 amide bonds. The minimum Gasteiger partial charge on any atom is -0.478 e. The second-order valence-corrected chi connectivity index (χ2v) is 10.8. The number of aromatic nitrogens is 1. The summed E-state index contributed by atoms with van der Waals surface area (Å²) in [4.78, 5) is 44.8. The molecule has 0 atom stereocenters. The zero-order valence-electron chi connectivity index (χ0n) is 20.9. The van der Waals surface area contributed by atoms with Crippen molar-refractivity contribution in [3.8, 4) is 33.0 Å². The van der Waals surface area contributed by atoms with Crippen molar-refractivity contribution in [3.05, 3.63) is 87.2 Å². The Labute approximate surface area is 239 Å². The zero-order valence-corrected chi connectivity index (χ0v) is 23.2. The lowest BCUT2D eigenvalue weighted by Crippen LogP contribution is -2.50. The molecule has 0 bridgehead atoms. The number of carboxylic acids is 1. The van der Waals surface area contributed by atoms with Gasteiger partial charge in [0, 0.05) is 55.2 Å². The fraction of sp³-hybridized carbons (Fsp3) is 0.172. The smallest absolute Gasteiger partial charge is 0.336 e. The Kier molecular flexibility index (Phi) is 7.70. The monoisotopic (exact) mass is 579 g/mol. The van der Waals surface area contributed by atoms with Crippen LogP contribution in [0.5, 0.6) is 0 Å². The van der Waals surface area contributed by atoms with Crippen LogP contribution in [-0.4, -0.2) is 63.9 Å². The zero-order chi connectivity index (χ0) is 27.7. The number of carbonyl (C=O) groups excluding carboxylic acids is 2. The molecule has 1 saturated heterocycles. The third-order valence-electron chi connectivity index (χ3n) is 6.67. The molecular formula is C29H23Cl2N3O4S. The lowest BCUT2D eigenvalue weighted by molar-refractivity contribution is -0.130. The minimum atomic E-state index is -1.06. The molecule has 7 nitrogen and oxygen atoms in total. The van der Waals surface area contributed by atoms with Gasteiger partial charge in [0.1, 0.15) is 5.01 Å². The lowest BCUT2D eigenvalue weighted by atomic mass is 9.96. The van der Waals surface area contributed by atoms with Crippen LogP contribution in [0.4, 0.5) is 0 Å². The molecule has 2 heterocycles. The molecular weight excluding hydrogens is 557 g/mol. The second-order valence-electron chi connectivity index (χ2n) is 9.11. The summed E-state index contributed by atoms with van der Waals surface area (Å²) in [5.41, 5.74) is 4.10. The molecule has 5 rings (SSSR count). The molecule has 1 fully saturated rings. The fourth-order valence-corrected chi connectivity index (χ4v) is 5.62. The van der Waals surface area contributed by atoms with Gasteiger partial charge in [0.15, 0.2) is 0 Å². The van der Waals surface area contributed by atoms with Crippen molar-refractivity contribution in [1.29, 1.82) is 0 Å². The van der Waals surface area contributed by atoms with Crippen LogP contribution in [0.3, 0.4) is 0 Å². The predicted molar refractivity (Wildman–Crippen MR) is 154 cm³/mol. The highest BCUT2D eigenvalue weighted by atomic mass is 35.5. The summed E-state index contributed by atoms with van der Waals surface area (Å²) in [5, 5.41) is 13.4. The van der Waals surface area contributed by atoms with Gasteiger partial charge in [-0.2, -0.15) is 0 Å². The predicted octanol–water partition coefficient (Wildman–Crippen LogP) is 6.45. The van der Waals surface area contributed by atoms with Gasteiger partial charge in [-0.1, -0.05) is 53.5 Å². The van der Waals surface area contributed by atoms with E-state index in [0.29, 0.717) is 63.5 Å². The molecule has 3 aromatic carbocycles. The lowest BCUT2D eigenvalue weighted by Gasteiger charge is -2.34. The van der Waals surface area contributed by atoms with Gasteiger partial charge in [-0.3, -0.25) is 9.59 Å². The van der Waals surface area contributed by atoms with Crippen molar-refractivity contribution in [2.75, 3.05) is 26.2 Å². The van der Waals surface area contributed by atoms with E-state index in [-0.39, 0.29) is 17.4 Å². The van der Waals surface area contributed by atoms with Gasteiger partial charge in [0.2, 0.25) is 5.91 Å². The van der Waals surface area contributed by atoms with Crippen LogP contribution in [-0.2, 0) is 4.79 Å². The minimum absolute atomic E-state index is 0.00785. The quantitative estimate of drug-likeness (QED) is 0.293. The van der Waals surface area contributed by atoms with E-state index in [9.17, 15) is 19.5 Å². The first-order valence-electron chi connectivity index (χ1n) is 12.1. The van der Waals surface area contributed by atoms with Crippen molar-refractivity contribution in [1.82, 2.24) is 14.8 Å². The van der Waals surface area contributed by atoms with E-state index in [1.165, 1.54) is 18.3 Å². The molecule has 1 aliphatic heterocycles. The van der Waals surface area contributed by atoms with Crippen molar-refractivity contribution < 1.29 is 19.5 Å². The third-order valence-corrected chi connectivity index (χ3v) is 8.30. The average molecular weight is 580 g/mol. The van der Waals surface area contributed by atoms with Crippen molar-refractivity contribution in [3.63, 3.8) is 0 Å². The molecule has 0 radical (unpaired) electrons. The molecule has 0 aliphatic carbocycles. The van der Waals surface area contributed by atoms with Crippen LogP contribution in [0.25, 0.3) is 33.0 Å². The number of carboxylic acid groups (broad SMARTS) is 1. The molecule has 198 valence electrons. The maximum absolute atomic E-state index is 12.9. The molecule has 10 heteroatoms. The van der Waals surface area contributed by atoms with Gasteiger partial charge >= 0.3 is 5.97 Å². The number of nitrogens with zero attached hydrogens (tertiary/aromatic N) is 3. The van der Waals surface area contributed by atoms with Crippen molar-refractivity contribution in [2.24, 2.45) is 0 Å². The van der Waals surface area contributed by atoms with E-state index in [2.05, 4.69) is 4.98 Å². The highest BCUT2D eigenvalue weighted by Crippen LogP contribution is 2.34. The summed E-state index contributed by atoms with van der Waals surface area (Å²) in [6, 6.07) is 17.4. The number of thiazole rings is 1. The first kappa shape index (κ1) is 26.9. The number of halogens is 2. The van der Waals surface area contributed by atoms with Gasteiger partial charge in [0.25, 0.3) is 5.91 Å². The number of benzene rings is 3. The molecule has 39 heavy (non-hydrogen) atoms. The normalized spacial score (nSPS) is 13.4. The molecule has 1 aliphatic rings. The van der Waals surface area contributed by atoms with Crippen LogP contribution >= 0.6 is 34.5 Å². The van der Waals surface area contributed by atoms with Crippen LogP contribution in [0.2, 0.25) is 10.0 Å². The molecule has 0 spiro atoms. The van der Waals surface area contributed by atoms with Crippen molar-refractivity contribution >= 4 is 52.3 Å². The van der Waals surface area contributed by atoms with E-state index in [0.717, 1.165) is 11.3 Å². The summed E-state index contributed by atoms with van der Waals surface area (Å²) >= 11 is 13.6. The summed E-state index contributed by atoms with van der Waals surface area (Å²) in [7, 11) is 0. The summed E-state index contributed by atoms with van der Waals surface area (Å²) < 4.78 is 0. The summed E-state index contributed by atoms with van der Waals surface area (Å²) in [6.07, 6.45) is 0. The molecule has 4 aromatic rings. The highest BCUT2D eigenvalue weighted by molar-refractivity contribution is 7.13. The van der Waals surface area contributed by atoms with Gasteiger partial charge in [-0.15, -0.1) is 11.3 Å². The summed E-state index contributed by atoms with van der Waals surface area (Å²) in [6.45, 7) is 3.52. The van der Waals surface area contributed by atoms with Crippen LogP contribution in [0.15, 0.2) is 66.0 Å². The van der Waals surface area contributed by atoms with E-state index in [4.69, 9.17) is 23.2 Å². The summed E-state index contributed by atoms with van der Waals surface area (Å²) in [5.74, 6) is -1.16. The number of rotatable bonds is 5. The largest absolute Gasteiger partial charge is 0.478 e. The van der Waals surface area contributed by atoms with Crippen LogP contribution in [0, 0.1) is 0 Å². The third kappa shape index (κ3) is 5.68. The number of aromatic carboxylic acids is 1. The standard InChI is InChI=1S/C29H23Cl2N3O4S/c1-17(35)33-10-12-34(13-11-33)28(36)19-4-2-18(3-5-19)22-8-6-21(14-23(22)29(37)38)27-32-26(16-39-27)20-7-9-24(30)25(31)15-20/h2-9,14-16H,10-13H2,1H3,(H,37,38). The van der Waals surface area contributed by atoms with E-state index >= 15 is 0 Å². The Bertz CT molecular complexity index is 1580. The maximum Gasteiger partial charge on any atom is 0.336 e. The van der Waals surface area contributed by atoms with Crippen LogP contribution in [0.1, 0.15) is 27.6 Å². The molecule has 0 saturated carbocycles. The van der Waals surface area contributed by atoms with E-state index in [1.807, 2.05) is 17.5 Å². The number of hydrogen-bond acceptors (Lipinski definition) is 5. The van der Waals surface area contributed by atoms with E-state index < -0.39 is 5.97 Å². The number of amides is 2. The number of carbonyl (C=O) groups is 3. The van der Waals surface area contributed by atoms with Crippen molar-refractivity contribution in [2.45, 2.75) is 6.92 Å². The average Bonchev–Trinajstić information content (AvgIpc) is 3.44. The van der Waals surface area contributed by atoms with Gasteiger partial charge in [-0.05, 0) is 41.5 Å². The Morgan fingerprint density at radius 1 is 0.821 bits per heavy atom. The molecule has 1 N–H and O–H groups in total. The topological polar surface area (TPSA) is 90.8 Å². The number of hydrogen-bond donors (Lipinski definition) is 1. The highest BCUT2D eigenvalue weighted by Gasteiger charge is 2.23. The Hall–Kier alpha value is -3.72. The van der Waals surface area contributed by atoms with Gasteiger partial charge in [-0.25, -0.2) is 9.78 Å². The number of piperazine rings is 1. The SMILES string of the molecule is CC(=O)N1CCN(C(=O)c2ccc(-c3ccc(-c4nc(-c5ccc(Cl)c(Cl)c5)cs4)cc3C(=O)O)cc2)CC1. The fourth-order valence-electron chi connectivity index (χ4n) is 4.50. The maximum atomic E-state index is 12.9. The van der Waals surface area contributed by atoms with Gasteiger partial charge in [0.05, 0.1) is 21.3 Å². The van der Waals surface area contributed by atoms with Crippen LogP contribution < -0.4 is 0 Å². The second kappa shape index (κ2) is 11.2. The van der Waals surface area contributed by atoms with Gasteiger partial charge < -0.3 is 14.9 Å². The molecule has 1 aromatic heterocycles. The Balaban J connectivity index is 1.37. The van der Waals surface area contributed by atoms with E-state index in [1.54, 1.807) is 58.3 Å². The Morgan fingerprint density at radius 3 is 2.10 bits per heavy atom. The first-order valence-corrected chi connectivity index (χ1v) is 13.8.